The number of hydrogen-bond acceptors (Lipinski definition) is 4. The molecule has 7 heteroatoms. The number of carbonyl (C=O) groups excluding carboxylic acids is 3. The molecule has 1 unspecified atom stereocenters. The highest BCUT2D eigenvalue weighted by Gasteiger charge is 2.39. The maximum absolute atomic E-state index is 11.3. The van der Waals surface area contributed by atoms with E-state index in [9.17, 15) is 14.4 Å². The summed E-state index contributed by atoms with van der Waals surface area (Å²) in [6, 6.07) is 0.650. The lowest BCUT2D eigenvalue weighted by Crippen LogP contribution is -2.41. The molecule has 16 heavy (non-hydrogen) atoms. The number of carbonyl (C=O) groups is 3. The fourth-order valence-electron chi connectivity index (χ4n) is 1.57. The van der Waals surface area contributed by atoms with Crippen molar-refractivity contribution in [3.05, 3.63) is 18.5 Å². The van der Waals surface area contributed by atoms with Crippen LogP contribution in [-0.4, -0.2) is 38.6 Å². The van der Waals surface area contributed by atoms with E-state index >= 15 is 0 Å². The van der Waals surface area contributed by atoms with Crippen molar-refractivity contribution in [1.82, 2.24) is 20.0 Å². The van der Waals surface area contributed by atoms with E-state index in [2.05, 4.69) is 5.10 Å². The van der Waals surface area contributed by atoms with Crippen LogP contribution in [0.15, 0.2) is 18.5 Å². The molecule has 1 N–H and O–H groups in total. The first-order valence-corrected chi connectivity index (χ1v) is 4.75. The fraction of sp³-hybridized carbons (Fsp3) is 0.333. The molecule has 0 radical (unpaired) electrons. The van der Waals surface area contributed by atoms with Crippen LogP contribution in [0.5, 0.6) is 0 Å². The largest absolute Gasteiger partial charge is 0.331 e. The zero-order valence-electron chi connectivity index (χ0n) is 8.58. The molecule has 0 spiro atoms. The molecule has 0 aliphatic carbocycles. The molecule has 4 amide bonds. The van der Waals surface area contributed by atoms with E-state index < -0.39 is 23.9 Å². The summed E-state index contributed by atoms with van der Waals surface area (Å²) in [4.78, 5) is 34.5. The third-order valence-electron chi connectivity index (χ3n) is 2.30. The van der Waals surface area contributed by atoms with Crippen LogP contribution in [0, 0.1) is 0 Å². The SMILES string of the molecule is CC(Cn1cccn1)N1C(=O)NC(=O)C1=O. The number of nitrogens with one attached hydrogen (secondary N) is 1. The van der Waals surface area contributed by atoms with E-state index in [1.165, 1.54) is 0 Å². The zero-order valence-corrected chi connectivity index (χ0v) is 8.58. The van der Waals surface area contributed by atoms with Crippen LogP contribution in [0.4, 0.5) is 4.79 Å². The summed E-state index contributed by atoms with van der Waals surface area (Å²) in [5.74, 6) is -1.69. The highest BCUT2D eigenvalue weighted by Crippen LogP contribution is 2.08. The summed E-state index contributed by atoms with van der Waals surface area (Å²) in [6.07, 6.45) is 3.32. The van der Waals surface area contributed by atoms with Crippen molar-refractivity contribution >= 4 is 17.8 Å². The highest BCUT2D eigenvalue weighted by molar-refractivity contribution is 6.44. The number of aromatic nitrogens is 2. The van der Waals surface area contributed by atoms with Crippen molar-refractivity contribution in [2.75, 3.05) is 0 Å². The van der Waals surface area contributed by atoms with Crippen molar-refractivity contribution in [2.24, 2.45) is 0 Å². The van der Waals surface area contributed by atoms with Crippen molar-refractivity contribution in [2.45, 2.75) is 19.5 Å². The summed E-state index contributed by atoms with van der Waals surface area (Å²) in [5, 5.41) is 5.90. The van der Waals surface area contributed by atoms with E-state index in [-0.39, 0.29) is 0 Å². The lowest BCUT2D eigenvalue weighted by atomic mass is 10.3. The second kappa shape index (κ2) is 3.76. The zero-order chi connectivity index (χ0) is 11.7. The Morgan fingerprint density at radius 1 is 1.44 bits per heavy atom. The minimum atomic E-state index is -0.877. The van der Waals surface area contributed by atoms with Crippen LogP contribution in [0.3, 0.4) is 0 Å². The monoisotopic (exact) mass is 222 g/mol. The van der Waals surface area contributed by atoms with Gasteiger partial charge in [0.15, 0.2) is 0 Å². The maximum Gasteiger partial charge on any atom is 0.331 e. The maximum atomic E-state index is 11.3. The van der Waals surface area contributed by atoms with Crippen molar-refractivity contribution in [1.29, 1.82) is 0 Å². The summed E-state index contributed by atoms with van der Waals surface area (Å²) < 4.78 is 1.59. The van der Waals surface area contributed by atoms with Crippen LogP contribution in [0.1, 0.15) is 6.92 Å². The molecular formula is C9H10N4O3. The Hall–Kier alpha value is -2.18. The van der Waals surface area contributed by atoms with Gasteiger partial charge in [0.25, 0.3) is 0 Å². The van der Waals surface area contributed by atoms with Gasteiger partial charge in [0.1, 0.15) is 0 Å². The lowest BCUT2D eigenvalue weighted by Gasteiger charge is -2.19. The van der Waals surface area contributed by atoms with Crippen LogP contribution < -0.4 is 5.32 Å². The van der Waals surface area contributed by atoms with Crippen LogP contribution in [-0.2, 0) is 16.1 Å². The molecule has 2 rings (SSSR count). The van der Waals surface area contributed by atoms with Gasteiger partial charge in [-0.05, 0) is 13.0 Å². The van der Waals surface area contributed by atoms with Gasteiger partial charge in [0.05, 0.1) is 12.6 Å². The Balaban J connectivity index is 2.10. The summed E-state index contributed by atoms with van der Waals surface area (Å²) in [5.41, 5.74) is 0. The van der Waals surface area contributed by atoms with Crippen LogP contribution in [0.25, 0.3) is 0 Å². The molecule has 84 valence electrons. The normalized spacial score (nSPS) is 17.8. The van der Waals surface area contributed by atoms with E-state index in [0.29, 0.717) is 6.54 Å². The Morgan fingerprint density at radius 2 is 2.19 bits per heavy atom. The average Bonchev–Trinajstić information content (AvgIpc) is 2.77. The van der Waals surface area contributed by atoms with Crippen molar-refractivity contribution in [3.8, 4) is 0 Å². The van der Waals surface area contributed by atoms with Crippen molar-refractivity contribution < 1.29 is 14.4 Å². The van der Waals surface area contributed by atoms with Crippen molar-refractivity contribution in [3.63, 3.8) is 0 Å². The van der Waals surface area contributed by atoms with Gasteiger partial charge in [-0.1, -0.05) is 0 Å². The van der Waals surface area contributed by atoms with Gasteiger partial charge in [-0.25, -0.2) is 4.79 Å². The molecule has 0 aromatic carbocycles. The summed E-state index contributed by atoms with van der Waals surface area (Å²) >= 11 is 0. The quantitative estimate of drug-likeness (QED) is 0.544. The Kier molecular flexibility index (Phi) is 2.43. The third-order valence-corrected chi connectivity index (χ3v) is 2.30. The van der Waals surface area contributed by atoms with E-state index in [4.69, 9.17) is 0 Å². The Morgan fingerprint density at radius 3 is 2.69 bits per heavy atom. The van der Waals surface area contributed by atoms with Crippen LogP contribution in [0.2, 0.25) is 0 Å². The number of urea groups is 1. The topological polar surface area (TPSA) is 84.3 Å². The second-order valence-corrected chi connectivity index (χ2v) is 3.51. The molecule has 2 heterocycles. The minimum Gasteiger partial charge on any atom is -0.271 e. The summed E-state index contributed by atoms with van der Waals surface area (Å²) in [6.45, 7) is 2.04. The third kappa shape index (κ3) is 1.67. The molecule has 1 aromatic rings. The predicted octanol–water partition coefficient (Wildman–Crippen LogP) is -0.650. The molecule has 1 atom stereocenters. The average molecular weight is 222 g/mol. The molecule has 0 saturated carbocycles. The number of hydrogen-bond donors (Lipinski definition) is 1. The van der Waals surface area contributed by atoms with Gasteiger partial charge in [-0.2, -0.15) is 5.10 Å². The first-order valence-electron chi connectivity index (χ1n) is 4.75. The summed E-state index contributed by atoms with van der Waals surface area (Å²) in [7, 11) is 0. The number of rotatable bonds is 3. The number of imide groups is 2. The fourth-order valence-corrected chi connectivity index (χ4v) is 1.57. The second-order valence-electron chi connectivity index (χ2n) is 3.51. The minimum absolute atomic E-state index is 0.361. The van der Waals surface area contributed by atoms with E-state index in [1.807, 2.05) is 5.32 Å². The lowest BCUT2D eigenvalue weighted by molar-refractivity contribution is -0.141. The molecule has 7 nitrogen and oxygen atoms in total. The van der Waals surface area contributed by atoms with Gasteiger partial charge >= 0.3 is 17.8 Å². The smallest absolute Gasteiger partial charge is 0.271 e. The predicted molar refractivity (Wildman–Crippen MR) is 52.1 cm³/mol. The van der Waals surface area contributed by atoms with Gasteiger partial charge in [-0.3, -0.25) is 24.5 Å². The van der Waals surface area contributed by atoms with Crippen LogP contribution >= 0.6 is 0 Å². The van der Waals surface area contributed by atoms with Gasteiger partial charge in [-0.15, -0.1) is 0 Å². The molecule has 1 fully saturated rings. The molecule has 1 saturated heterocycles. The molecule has 1 aliphatic heterocycles. The Bertz CT molecular complexity index is 440. The first-order chi connectivity index (χ1) is 7.59. The molecular weight excluding hydrogens is 212 g/mol. The molecule has 0 bridgehead atoms. The van der Waals surface area contributed by atoms with E-state index in [0.717, 1.165) is 4.90 Å². The molecule has 1 aromatic heterocycles. The molecule has 1 aliphatic rings. The van der Waals surface area contributed by atoms with Gasteiger partial charge in [0.2, 0.25) is 0 Å². The highest BCUT2D eigenvalue weighted by atomic mass is 16.2. The Labute approximate surface area is 91.0 Å². The number of nitrogens with zero attached hydrogens (tertiary/aromatic N) is 3. The number of amides is 4. The van der Waals surface area contributed by atoms with Gasteiger partial charge < -0.3 is 0 Å². The van der Waals surface area contributed by atoms with Gasteiger partial charge in [0, 0.05) is 12.4 Å². The van der Waals surface area contributed by atoms with E-state index in [1.54, 1.807) is 30.1 Å². The first kappa shape index (κ1) is 10.3. The standard InChI is InChI=1S/C9H10N4O3/c1-6(5-12-4-2-3-10-12)13-8(15)7(14)11-9(13)16/h2-4,6H,5H2,1H3,(H,11,14,16).